The van der Waals surface area contributed by atoms with Crippen LogP contribution in [-0.4, -0.2) is 25.0 Å². The molecular formula is C11H20N2O. The number of allylic oxidation sites excluding steroid dienone is 1. The van der Waals surface area contributed by atoms with Crippen molar-refractivity contribution < 1.29 is 4.79 Å². The summed E-state index contributed by atoms with van der Waals surface area (Å²) in [7, 11) is 0. The Morgan fingerprint density at radius 1 is 1.64 bits per heavy atom. The molecule has 14 heavy (non-hydrogen) atoms. The van der Waals surface area contributed by atoms with Crippen LogP contribution in [0.2, 0.25) is 0 Å². The Balaban J connectivity index is 2.20. The van der Waals surface area contributed by atoms with Crippen molar-refractivity contribution in [3.8, 4) is 0 Å². The van der Waals surface area contributed by atoms with Crippen molar-refractivity contribution in [1.82, 2.24) is 10.6 Å². The molecule has 1 aliphatic rings. The summed E-state index contributed by atoms with van der Waals surface area (Å²) in [6.07, 6.45) is 6.09. The summed E-state index contributed by atoms with van der Waals surface area (Å²) in [5, 5.41) is 6.15. The van der Waals surface area contributed by atoms with Gasteiger partial charge >= 0.3 is 0 Å². The van der Waals surface area contributed by atoms with Crippen molar-refractivity contribution >= 4 is 5.91 Å². The molecule has 1 heterocycles. The molecule has 1 saturated heterocycles. The number of hydrogen-bond acceptors (Lipinski definition) is 2. The quantitative estimate of drug-likeness (QED) is 0.521. The number of hydrogen-bond donors (Lipinski definition) is 2. The highest BCUT2D eigenvalue weighted by Crippen LogP contribution is 2.13. The number of carbonyl (C=O) groups excluding carboxylic acids is 1. The number of amides is 1. The molecule has 3 nitrogen and oxygen atoms in total. The molecule has 0 aliphatic carbocycles. The minimum Gasteiger partial charge on any atom is -0.354 e. The van der Waals surface area contributed by atoms with Gasteiger partial charge in [-0.25, -0.2) is 0 Å². The van der Waals surface area contributed by atoms with E-state index >= 15 is 0 Å². The highest BCUT2D eigenvalue weighted by molar-refractivity contribution is 5.82. The van der Waals surface area contributed by atoms with Crippen LogP contribution in [0.25, 0.3) is 0 Å². The molecule has 0 radical (unpaired) electrons. The van der Waals surface area contributed by atoms with E-state index in [2.05, 4.69) is 23.6 Å². The summed E-state index contributed by atoms with van der Waals surface area (Å²) in [6, 6.07) is 0.0283. The number of carbonyl (C=O) groups is 1. The van der Waals surface area contributed by atoms with E-state index in [1.165, 1.54) is 0 Å². The molecular weight excluding hydrogens is 176 g/mol. The summed E-state index contributed by atoms with van der Waals surface area (Å²) < 4.78 is 0. The molecule has 1 amide bonds. The summed E-state index contributed by atoms with van der Waals surface area (Å²) in [5.74, 6) is 0.622. The third-order valence-corrected chi connectivity index (χ3v) is 2.66. The Morgan fingerprint density at radius 3 is 3.00 bits per heavy atom. The topological polar surface area (TPSA) is 41.1 Å². The molecule has 0 saturated carbocycles. The lowest BCUT2D eigenvalue weighted by Gasteiger charge is -2.14. The Hall–Kier alpha value is -0.830. The third-order valence-electron chi connectivity index (χ3n) is 2.66. The second-order valence-electron chi connectivity index (χ2n) is 3.85. The van der Waals surface area contributed by atoms with Gasteiger partial charge in [0.25, 0.3) is 0 Å². The van der Waals surface area contributed by atoms with Crippen LogP contribution in [0.15, 0.2) is 12.2 Å². The minimum atomic E-state index is 0.0283. The van der Waals surface area contributed by atoms with Crippen molar-refractivity contribution in [1.29, 1.82) is 0 Å². The maximum Gasteiger partial charge on any atom is 0.237 e. The molecule has 2 atom stereocenters. The van der Waals surface area contributed by atoms with Gasteiger partial charge in [-0.15, -0.1) is 0 Å². The molecule has 1 aliphatic heterocycles. The van der Waals surface area contributed by atoms with Gasteiger partial charge in [0.1, 0.15) is 0 Å². The molecule has 2 N–H and O–H groups in total. The fourth-order valence-electron chi connectivity index (χ4n) is 1.74. The molecule has 0 aromatic rings. The Morgan fingerprint density at radius 2 is 2.43 bits per heavy atom. The number of rotatable bonds is 4. The molecule has 0 aromatic heterocycles. The van der Waals surface area contributed by atoms with Gasteiger partial charge in [-0.3, -0.25) is 4.79 Å². The van der Waals surface area contributed by atoms with E-state index in [4.69, 9.17) is 0 Å². The maximum atomic E-state index is 11.6. The molecule has 0 bridgehead atoms. The van der Waals surface area contributed by atoms with E-state index in [0.717, 1.165) is 25.9 Å². The third kappa shape index (κ3) is 3.14. The van der Waals surface area contributed by atoms with Gasteiger partial charge in [0.2, 0.25) is 5.91 Å². The first-order valence-electron chi connectivity index (χ1n) is 5.38. The lowest BCUT2D eigenvalue weighted by molar-refractivity contribution is -0.123. The fraction of sp³-hybridized carbons (Fsp3) is 0.727. The molecule has 0 aromatic carbocycles. The van der Waals surface area contributed by atoms with Gasteiger partial charge in [-0.2, -0.15) is 0 Å². The van der Waals surface area contributed by atoms with Crippen LogP contribution in [0.3, 0.4) is 0 Å². The first kappa shape index (κ1) is 11.2. The van der Waals surface area contributed by atoms with Gasteiger partial charge in [-0.05, 0) is 32.2 Å². The smallest absolute Gasteiger partial charge is 0.237 e. The van der Waals surface area contributed by atoms with E-state index in [1.807, 2.05) is 13.0 Å². The summed E-state index contributed by atoms with van der Waals surface area (Å²) in [4.78, 5) is 11.6. The van der Waals surface area contributed by atoms with Crippen molar-refractivity contribution in [3.05, 3.63) is 12.2 Å². The second kappa shape index (κ2) is 5.81. The average Bonchev–Trinajstić information content (AvgIpc) is 2.59. The van der Waals surface area contributed by atoms with Crippen LogP contribution in [0.4, 0.5) is 0 Å². The van der Waals surface area contributed by atoms with Crippen LogP contribution >= 0.6 is 0 Å². The maximum absolute atomic E-state index is 11.6. The van der Waals surface area contributed by atoms with E-state index in [9.17, 15) is 4.79 Å². The van der Waals surface area contributed by atoms with Crippen molar-refractivity contribution in [2.24, 2.45) is 5.92 Å². The van der Waals surface area contributed by atoms with Crippen LogP contribution < -0.4 is 10.6 Å². The first-order valence-corrected chi connectivity index (χ1v) is 5.38. The van der Waals surface area contributed by atoms with E-state index < -0.39 is 0 Å². The predicted octanol–water partition coefficient (Wildman–Crippen LogP) is 1.07. The Kier molecular flexibility index (Phi) is 4.66. The number of nitrogens with one attached hydrogen (secondary N) is 2. The van der Waals surface area contributed by atoms with E-state index in [0.29, 0.717) is 5.92 Å². The van der Waals surface area contributed by atoms with Crippen molar-refractivity contribution in [3.63, 3.8) is 0 Å². The lowest BCUT2D eigenvalue weighted by atomic mass is 10.0. The molecule has 80 valence electrons. The molecule has 2 unspecified atom stereocenters. The normalized spacial score (nSPS) is 27.0. The summed E-state index contributed by atoms with van der Waals surface area (Å²) in [6.45, 7) is 5.82. The van der Waals surface area contributed by atoms with E-state index in [1.54, 1.807) is 0 Å². The van der Waals surface area contributed by atoms with Gasteiger partial charge in [0.05, 0.1) is 6.04 Å². The zero-order valence-electron chi connectivity index (χ0n) is 9.05. The Bertz CT molecular complexity index is 213. The zero-order chi connectivity index (χ0) is 10.4. The molecule has 1 rings (SSSR count). The zero-order valence-corrected chi connectivity index (χ0v) is 9.05. The van der Waals surface area contributed by atoms with Gasteiger partial charge in [-0.1, -0.05) is 19.1 Å². The van der Waals surface area contributed by atoms with Crippen molar-refractivity contribution in [2.45, 2.75) is 32.7 Å². The minimum absolute atomic E-state index is 0.0283. The second-order valence-corrected chi connectivity index (χ2v) is 3.85. The molecule has 3 heteroatoms. The van der Waals surface area contributed by atoms with Crippen molar-refractivity contribution in [2.75, 3.05) is 13.1 Å². The van der Waals surface area contributed by atoms with Crippen LogP contribution in [-0.2, 0) is 4.79 Å². The monoisotopic (exact) mass is 196 g/mol. The highest BCUT2D eigenvalue weighted by atomic mass is 16.2. The van der Waals surface area contributed by atoms with E-state index in [-0.39, 0.29) is 11.9 Å². The van der Waals surface area contributed by atoms with Gasteiger partial charge in [0, 0.05) is 6.54 Å². The van der Waals surface area contributed by atoms with Crippen LogP contribution in [0.5, 0.6) is 0 Å². The fourth-order valence-corrected chi connectivity index (χ4v) is 1.74. The molecule has 0 spiro atoms. The Labute approximate surface area is 86.0 Å². The lowest BCUT2D eigenvalue weighted by Crippen LogP contribution is -2.43. The molecule has 1 fully saturated rings. The average molecular weight is 196 g/mol. The highest BCUT2D eigenvalue weighted by Gasteiger charge is 2.28. The predicted molar refractivity (Wildman–Crippen MR) is 58.0 cm³/mol. The van der Waals surface area contributed by atoms with Crippen LogP contribution in [0, 0.1) is 5.92 Å². The summed E-state index contributed by atoms with van der Waals surface area (Å²) >= 11 is 0. The van der Waals surface area contributed by atoms with Crippen LogP contribution in [0.1, 0.15) is 26.7 Å². The first-order chi connectivity index (χ1) is 6.75. The standard InChI is InChI=1S/C11H20N2O/c1-3-4-5-7-13-11(14)10-9(2)6-8-12-10/h3-4,9-10,12H,5-8H2,1-2H3,(H,13,14)/b4-3+. The summed E-state index contributed by atoms with van der Waals surface area (Å²) in [5.41, 5.74) is 0. The van der Waals surface area contributed by atoms with Gasteiger partial charge in [0.15, 0.2) is 0 Å². The van der Waals surface area contributed by atoms with Gasteiger partial charge < -0.3 is 10.6 Å². The largest absolute Gasteiger partial charge is 0.354 e. The SMILES string of the molecule is C/C=C/CCNC(=O)C1NCCC1C.